The van der Waals surface area contributed by atoms with Crippen LogP contribution in [0, 0.1) is 23.7 Å². The van der Waals surface area contributed by atoms with Crippen molar-refractivity contribution in [2.45, 2.75) is 180 Å². The molecule has 7 amide bonds. The second-order valence-electron chi connectivity index (χ2n) is 25.4. The van der Waals surface area contributed by atoms with Gasteiger partial charge in [-0.25, -0.2) is 9.59 Å². The molecule has 4 aliphatic rings. The minimum atomic E-state index is -1.66. The summed E-state index contributed by atoms with van der Waals surface area (Å²) in [5.41, 5.74) is 5.28. The van der Waals surface area contributed by atoms with Gasteiger partial charge in [0.05, 0.1) is 49.7 Å². The van der Waals surface area contributed by atoms with E-state index in [4.69, 9.17) is 46.0 Å². The third-order valence-corrected chi connectivity index (χ3v) is 18.5. The van der Waals surface area contributed by atoms with Crippen molar-refractivity contribution in [3.8, 4) is 5.75 Å². The van der Waals surface area contributed by atoms with Crippen LogP contribution in [0.4, 0.5) is 10.5 Å². The van der Waals surface area contributed by atoms with Crippen LogP contribution in [0.5, 0.6) is 5.75 Å². The van der Waals surface area contributed by atoms with Gasteiger partial charge in [0.25, 0.3) is 5.91 Å². The van der Waals surface area contributed by atoms with Crippen LogP contribution in [0.2, 0.25) is 5.02 Å². The summed E-state index contributed by atoms with van der Waals surface area (Å²) < 4.78 is 29.9. The predicted molar refractivity (Wildman–Crippen MR) is 337 cm³/mol. The lowest BCUT2D eigenvalue weighted by Crippen LogP contribution is -2.53. The van der Waals surface area contributed by atoms with E-state index in [0.717, 1.165) is 11.1 Å². The molecule has 494 valence electrons. The molecule has 3 saturated heterocycles. The molecule has 2 aromatic carbocycles. The number of fused-ring (bicyclic) bond motifs is 6. The Morgan fingerprint density at radius 1 is 0.967 bits per heavy atom. The molecule has 4 aliphatic heterocycles. The number of amides is 7. The number of aromatic nitrogens is 1. The van der Waals surface area contributed by atoms with Crippen molar-refractivity contribution in [2.75, 3.05) is 46.3 Å². The van der Waals surface area contributed by atoms with Crippen molar-refractivity contribution in [2.24, 2.45) is 29.4 Å². The number of ketones is 2. The molecule has 0 spiro atoms. The van der Waals surface area contributed by atoms with E-state index in [9.17, 15) is 53.1 Å². The van der Waals surface area contributed by atoms with Crippen molar-refractivity contribution in [1.29, 1.82) is 0 Å². The Hall–Kier alpha value is -7.60. The maximum absolute atomic E-state index is 14.5. The predicted octanol–water partition coefficient (Wildman–Crippen LogP) is 6.86. The van der Waals surface area contributed by atoms with Crippen molar-refractivity contribution in [1.82, 2.24) is 25.4 Å². The van der Waals surface area contributed by atoms with Gasteiger partial charge in [-0.15, -0.1) is 0 Å². The van der Waals surface area contributed by atoms with E-state index < -0.39 is 102 Å². The second-order valence-corrected chi connectivity index (χ2v) is 25.7. The summed E-state index contributed by atoms with van der Waals surface area (Å²) in [7, 11) is 5.89. The highest BCUT2D eigenvalue weighted by Crippen LogP contribution is 2.50. The van der Waals surface area contributed by atoms with Crippen molar-refractivity contribution >= 4 is 87.3 Å². The van der Waals surface area contributed by atoms with Crippen molar-refractivity contribution in [3.05, 3.63) is 88.1 Å². The van der Waals surface area contributed by atoms with Gasteiger partial charge < -0.3 is 55.0 Å². The Morgan fingerprint density at radius 2 is 1.70 bits per heavy atom. The molecule has 4 bridgehead atoms. The normalized spacial score (nSPS) is 25.5. The Bertz CT molecular complexity index is 3330. The van der Waals surface area contributed by atoms with Crippen molar-refractivity contribution in [3.63, 3.8) is 0 Å². The minimum Gasteiger partial charge on any atom is -0.495 e. The molecule has 1 aromatic heterocycles. The number of nitrogens with zero attached hydrogens (tertiary/aromatic N) is 4. The van der Waals surface area contributed by atoms with Crippen LogP contribution in [0.1, 0.15) is 141 Å². The third-order valence-electron chi connectivity index (χ3n) is 18.1. The van der Waals surface area contributed by atoms with E-state index in [1.54, 1.807) is 76.4 Å². The maximum atomic E-state index is 14.5. The number of imide groups is 1. The molecule has 11 atom stereocenters. The molecule has 7 rings (SSSR count). The summed E-state index contributed by atoms with van der Waals surface area (Å²) in [6.07, 6.45) is 3.48. The van der Waals surface area contributed by atoms with Gasteiger partial charge in [-0.1, -0.05) is 75.6 Å². The van der Waals surface area contributed by atoms with E-state index in [1.165, 1.54) is 49.0 Å². The monoisotopic (exact) mass is 1280 g/mol. The fraction of sp³-hybridized carbons (Fsp3) is 0.567. The summed E-state index contributed by atoms with van der Waals surface area (Å²) in [5, 5.41) is 18.1. The highest BCUT2D eigenvalue weighted by atomic mass is 35.5. The summed E-state index contributed by atoms with van der Waals surface area (Å²) in [5.74, 6) is -5.48. The number of anilines is 1. The fourth-order valence-corrected chi connectivity index (χ4v) is 12.6. The van der Waals surface area contributed by atoms with Gasteiger partial charge >= 0.3 is 18.0 Å². The first kappa shape index (κ1) is 70.9. The molecule has 1 unspecified atom stereocenters. The molecule has 3 fully saturated rings. The van der Waals surface area contributed by atoms with Gasteiger partial charge in [0.15, 0.2) is 5.78 Å². The van der Waals surface area contributed by atoms with Crippen LogP contribution in [0.3, 0.4) is 0 Å². The van der Waals surface area contributed by atoms with Gasteiger partial charge in [-0.3, -0.25) is 48.2 Å². The number of hydrogen-bond donors (Lipinski definition) is 4. The number of pyridine rings is 1. The quantitative estimate of drug-likeness (QED) is 0.0308. The Morgan fingerprint density at radius 3 is 2.37 bits per heavy atom. The SMILES string of the molecule is COc1cc2cc(c1Cl)N(C)C(=O)C[C@H](OC(=O)[C@H](C)N(C)C(=O)c1ccc3nc(CC(=O)[C@H](CCCNC(N)=O)NC(=O)[C@@H](CC(=O)CCCCCN4C(=O)CC(C)C4=O)C(C)C)ccc3c1)[C@]1(C)O[C@H]1[C@H](C)[C@@H]1C[C@@](O)(CC(=O)O1)[C@H](OC)/C=C/C=C(\C)C2. The van der Waals surface area contributed by atoms with Crippen LogP contribution in [-0.2, 0) is 70.1 Å². The number of hydrogen-bond acceptors (Lipinski definition) is 17. The number of epoxide rings is 1. The number of urea groups is 1. The lowest BCUT2D eigenvalue weighted by Gasteiger charge is -2.41. The molecule has 0 radical (unpaired) electrons. The number of nitrogens with two attached hydrogens (primary N) is 1. The first-order valence-corrected chi connectivity index (χ1v) is 31.6. The van der Waals surface area contributed by atoms with Crippen LogP contribution < -0.4 is 26.0 Å². The molecular formula is C67H88ClN7O16. The van der Waals surface area contributed by atoms with E-state index in [2.05, 4.69) is 10.6 Å². The molecule has 0 saturated carbocycles. The van der Waals surface area contributed by atoms with Gasteiger partial charge in [0, 0.05) is 94.4 Å². The van der Waals surface area contributed by atoms with Gasteiger partial charge in [-0.05, 0) is 101 Å². The highest BCUT2D eigenvalue weighted by molar-refractivity contribution is 6.35. The van der Waals surface area contributed by atoms with Crippen LogP contribution in [0.25, 0.3) is 10.9 Å². The van der Waals surface area contributed by atoms with E-state index in [1.807, 2.05) is 26.8 Å². The lowest BCUT2D eigenvalue weighted by molar-refractivity contribution is -0.187. The van der Waals surface area contributed by atoms with E-state index >= 15 is 0 Å². The number of carbonyl (C=O) groups excluding carboxylic acids is 10. The van der Waals surface area contributed by atoms with Gasteiger partial charge in [0.1, 0.15) is 52.1 Å². The maximum Gasteiger partial charge on any atom is 0.328 e. The topological polar surface area (TPSA) is 313 Å². The number of rotatable bonds is 24. The Labute approximate surface area is 536 Å². The fourth-order valence-electron chi connectivity index (χ4n) is 12.3. The van der Waals surface area contributed by atoms with E-state index in [-0.39, 0.29) is 104 Å². The van der Waals surface area contributed by atoms with Crippen molar-refractivity contribution < 1.29 is 76.7 Å². The molecule has 5 N–H and O–H groups in total. The summed E-state index contributed by atoms with van der Waals surface area (Å²) in [6, 6.07) is 8.61. The number of benzene rings is 2. The zero-order valence-electron chi connectivity index (χ0n) is 54.0. The molecule has 3 aromatic rings. The number of primary amides is 1. The number of methoxy groups -OCH3 is 2. The highest BCUT2D eigenvalue weighted by Gasteiger charge is 2.64. The third kappa shape index (κ3) is 17.5. The van der Waals surface area contributed by atoms with Crippen LogP contribution >= 0.6 is 11.6 Å². The lowest BCUT2D eigenvalue weighted by atomic mass is 9.78. The van der Waals surface area contributed by atoms with E-state index in [0.29, 0.717) is 60.3 Å². The molecule has 23 nitrogen and oxygen atoms in total. The summed E-state index contributed by atoms with van der Waals surface area (Å²) >= 11 is 6.87. The smallest absolute Gasteiger partial charge is 0.328 e. The van der Waals surface area contributed by atoms with Crippen LogP contribution in [0.15, 0.2) is 66.3 Å². The Balaban J connectivity index is 1.03. The molecular weight excluding hydrogens is 1190 g/mol. The standard InChI is InChI=1S/C67H88ClN7O16/c1-37(2)47(33-46(76)18-13-12-14-26-75-57(79)28-39(4)62(75)82)61(81)72-49(19-16-25-70-65(69)85)51(77)32-45-23-21-43-31-44(22-24-48(43)71-45)63(83)73(8)41(6)64(84)90-55-34-56(78)74(9)50-29-42(30-52(87-10)59(50)68)27-38(3)17-15-20-54(88-11)67(86)35-53(89-58(80)36-67)40(5)60-66(55,7)91-60/h15,17,20-24,29-31,37,39-41,47,49,53-55,60,86H,12-14,16,18-19,25-28,32-36H2,1-11H3,(H,72,81)(H3,69,70,85)/b20-15+,38-17+/t39?,40-,41+,47+,49+,53+,54-,55+,60+,66+,67-/m1/s1. The summed E-state index contributed by atoms with van der Waals surface area (Å²) in [4.78, 5) is 142. The average Bonchev–Trinajstić information content (AvgIpc) is 1.59. The first-order valence-electron chi connectivity index (χ1n) is 31.2. The number of halogens is 1. The number of Topliss-reactive ketones (excluding diaryl/α,β-unsaturated/α-hetero) is 2. The number of carbonyl (C=O) groups is 10. The van der Waals surface area contributed by atoms with Gasteiger partial charge in [0.2, 0.25) is 23.6 Å². The zero-order valence-corrected chi connectivity index (χ0v) is 54.7. The number of aliphatic hydroxyl groups is 1. The molecule has 91 heavy (non-hydrogen) atoms. The minimum absolute atomic E-state index is 0.0121. The zero-order chi connectivity index (χ0) is 66.8. The molecule has 24 heteroatoms. The number of ether oxygens (including phenoxy) is 5. The average molecular weight is 1280 g/mol. The molecule has 0 aliphatic carbocycles. The number of allylic oxidation sites excluding steroid dienone is 3. The summed E-state index contributed by atoms with van der Waals surface area (Å²) in [6.45, 7) is 12.7. The largest absolute Gasteiger partial charge is 0.495 e. The van der Waals surface area contributed by atoms with Crippen LogP contribution in [-0.4, -0.2) is 168 Å². The molecule has 5 heterocycles. The number of esters is 2. The Kier molecular flexibility index (Phi) is 23.9. The number of nitrogens with one attached hydrogen (secondary N) is 2. The number of unbranched alkanes of at least 4 members (excludes halogenated alkanes) is 2. The first-order chi connectivity index (χ1) is 43.0. The van der Waals surface area contributed by atoms with Gasteiger partial charge in [-0.2, -0.15) is 0 Å². The number of likely N-dealkylation sites (tertiary alicyclic amines) is 1. The second kappa shape index (κ2) is 30.7. The number of likely N-dealkylation sites (N-methyl/N-ethyl adjacent to an activating group) is 1.